The number of hydrogen-bond acceptors (Lipinski definition) is 5. The van der Waals surface area contributed by atoms with Gasteiger partial charge in [0.1, 0.15) is 12.4 Å². The van der Waals surface area contributed by atoms with E-state index in [4.69, 9.17) is 18.9 Å². The van der Waals surface area contributed by atoms with Crippen LogP contribution in [0.5, 0.6) is 17.2 Å². The van der Waals surface area contributed by atoms with Crippen LogP contribution in [0.1, 0.15) is 12.8 Å². The third kappa shape index (κ3) is 2.84. The highest BCUT2D eigenvalue weighted by molar-refractivity contribution is 5.72. The summed E-state index contributed by atoms with van der Waals surface area (Å²) in [4.78, 5) is 13.7. The zero-order valence-corrected chi connectivity index (χ0v) is 12.6. The molecule has 3 aliphatic rings. The Morgan fingerprint density at radius 1 is 1.26 bits per heavy atom. The van der Waals surface area contributed by atoms with Crippen molar-refractivity contribution in [2.45, 2.75) is 18.9 Å². The van der Waals surface area contributed by atoms with Crippen LogP contribution in [-0.4, -0.2) is 37.0 Å². The second-order valence-corrected chi connectivity index (χ2v) is 5.57. The van der Waals surface area contributed by atoms with Crippen LogP contribution in [0, 0.1) is 0 Å². The lowest BCUT2D eigenvalue weighted by Gasteiger charge is -2.18. The number of fused-ring (bicyclic) bond motifs is 1. The van der Waals surface area contributed by atoms with E-state index in [1.165, 1.54) is 0 Å². The summed E-state index contributed by atoms with van der Waals surface area (Å²) in [6.07, 6.45) is 7.26. The molecule has 1 saturated heterocycles. The maximum absolute atomic E-state index is 12.0. The molecule has 1 fully saturated rings. The van der Waals surface area contributed by atoms with Gasteiger partial charge >= 0.3 is 6.09 Å². The molecule has 2 heterocycles. The zero-order chi connectivity index (χ0) is 15.6. The third-order valence-corrected chi connectivity index (χ3v) is 3.99. The normalized spacial score (nSPS) is 22.1. The molecular weight excluding hydrogens is 298 g/mol. The van der Waals surface area contributed by atoms with Gasteiger partial charge in [-0.15, -0.1) is 0 Å². The van der Waals surface area contributed by atoms with Gasteiger partial charge in [0.2, 0.25) is 6.79 Å². The molecule has 1 unspecified atom stereocenters. The lowest BCUT2D eigenvalue weighted by atomic mass is 10.1. The number of cyclic esters (lactones) is 1. The Bertz CT molecular complexity index is 682. The number of allylic oxidation sites excluding steroid dienone is 4. The van der Waals surface area contributed by atoms with Crippen molar-refractivity contribution >= 4 is 6.09 Å². The van der Waals surface area contributed by atoms with Crippen LogP contribution in [0.3, 0.4) is 0 Å². The van der Waals surface area contributed by atoms with Crippen LogP contribution in [-0.2, 0) is 4.74 Å². The van der Waals surface area contributed by atoms with E-state index in [-0.39, 0.29) is 19.0 Å². The molecule has 6 heteroatoms. The van der Waals surface area contributed by atoms with E-state index in [0.717, 1.165) is 18.5 Å². The van der Waals surface area contributed by atoms with Gasteiger partial charge in [0.25, 0.3) is 0 Å². The lowest BCUT2D eigenvalue weighted by molar-refractivity contribution is 0.103. The minimum Gasteiger partial charge on any atom is -0.490 e. The summed E-state index contributed by atoms with van der Waals surface area (Å²) >= 11 is 0. The molecule has 1 aromatic rings. The van der Waals surface area contributed by atoms with Crippen molar-refractivity contribution in [1.29, 1.82) is 0 Å². The molecule has 1 atom stereocenters. The van der Waals surface area contributed by atoms with Crippen molar-refractivity contribution in [2.75, 3.05) is 19.9 Å². The molecule has 0 bridgehead atoms. The highest BCUT2D eigenvalue weighted by Gasteiger charge is 2.33. The van der Waals surface area contributed by atoms with E-state index in [1.807, 2.05) is 24.3 Å². The van der Waals surface area contributed by atoms with Crippen LogP contribution in [0.25, 0.3) is 0 Å². The second kappa shape index (κ2) is 5.87. The molecule has 2 aliphatic heterocycles. The van der Waals surface area contributed by atoms with Gasteiger partial charge in [0.05, 0.1) is 6.54 Å². The Hall–Kier alpha value is -2.63. The summed E-state index contributed by atoms with van der Waals surface area (Å²) in [6.45, 7) is 1.06. The molecule has 6 nitrogen and oxygen atoms in total. The Labute approximate surface area is 133 Å². The minimum absolute atomic E-state index is 0.234. The van der Waals surface area contributed by atoms with Crippen molar-refractivity contribution in [3.05, 3.63) is 42.1 Å². The SMILES string of the molecule is O=C1OC(COc2ccc3c(c2)OCO3)CN1C1=CC=CCC1. The average Bonchev–Trinajstić information content (AvgIpc) is 3.19. The molecule has 120 valence electrons. The standard InChI is InChI=1S/C17H17NO5/c19-17-18(12-4-2-1-3-5-12)9-14(23-17)10-20-13-6-7-15-16(8-13)22-11-21-15/h1-2,4,6-8,14H,3,5,9-11H2. The molecule has 1 aliphatic carbocycles. The van der Waals surface area contributed by atoms with E-state index in [9.17, 15) is 4.79 Å². The van der Waals surface area contributed by atoms with E-state index in [1.54, 1.807) is 11.0 Å². The molecule has 23 heavy (non-hydrogen) atoms. The molecule has 0 N–H and O–H groups in total. The second-order valence-electron chi connectivity index (χ2n) is 5.57. The number of nitrogens with zero attached hydrogens (tertiary/aromatic N) is 1. The first kappa shape index (κ1) is 14.0. The number of carbonyl (C=O) groups is 1. The molecule has 1 aromatic carbocycles. The van der Waals surface area contributed by atoms with Crippen molar-refractivity contribution < 1.29 is 23.7 Å². The first-order valence-corrected chi connectivity index (χ1v) is 7.66. The summed E-state index contributed by atoms with van der Waals surface area (Å²) in [7, 11) is 0. The van der Waals surface area contributed by atoms with Crippen LogP contribution in [0.15, 0.2) is 42.1 Å². The molecule has 0 saturated carbocycles. The van der Waals surface area contributed by atoms with E-state index < -0.39 is 0 Å². The monoisotopic (exact) mass is 315 g/mol. The number of carbonyl (C=O) groups excluding carboxylic acids is 1. The van der Waals surface area contributed by atoms with Gasteiger partial charge in [-0.05, 0) is 31.1 Å². The maximum atomic E-state index is 12.0. The number of rotatable bonds is 4. The van der Waals surface area contributed by atoms with E-state index >= 15 is 0 Å². The lowest BCUT2D eigenvalue weighted by Crippen LogP contribution is -2.26. The summed E-state index contributed by atoms with van der Waals surface area (Å²) in [5.74, 6) is 2.06. The fourth-order valence-electron chi connectivity index (χ4n) is 2.81. The van der Waals surface area contributed by atoms with Crippen molar-refractivity contribution in [3.63, 3.8) is 0 Å². The molecule has 0 radical (unpaired) electrons. The third-order valence-electron chi connectivity index (χ3n) is 3.99. The quantitative estimate of drug-likeness (QED) is 0.855. The summed E-state index contributed by atoms with van der Waals surface area (Å²) in [5, 5.41) is 0. The van der Waals surface area contributed by atoms with Gasteiger partial charge in [-0.2, -0.15) is 0 Å². The Morgan fingerprint density at radius 3 is 3.04 bits per heavy atom. The molecule has 0 spiro atoms. The van der Waals surface area contributed by atoms with Crippen molar-refractivity contribution in [3.8, 4) is 17.2 Å². The number of benzene rings is 1. The average molecular weight is 315 g/mol. The summed E-state index contributed by atoms with van der Waals surface area (Å²) in [5.41, 5.74) is 1.00. The Morgan fingerprint density at radius 2 is 2.17 bits per heavy atom. The van der Waals surface area contributed by atoms with Gasteiger partial charge in [-0.1, -0.05) is 12.2 Å². The van der Waals surface area contributed by atoms with Crippen LogP contribution in [0.2, 0.25) is 0 Å². The summed E-state index contributed by atoms with van der Waals surface area (Å²) < 4.78 is 21.7. The Balaban J connectivity index is 1.36. The first-order valence-electron chi connectivity index (χ1n) is 7.66. The number of ether oxygens (including phenoxy) is 4. The zero-order valence-electron chi connectivity index (χ0n) is 12.6. The summed E-state index contributed by atoms with van der Waals surface area (Å²) in [6, 6.07) is 5.41. The van der Waals surface area contributed by atoms with Gasteiger partial charge in [-0.3, -0.25) is 4.90 Å². The predicted octanol–water partition coefficient (Wildman–Crippen LogP) is 2.85. The molecule has 1 amide bonds. The van der Waals surface area contributed by atoms with Crippen LogP contribution < -0.4 is 14.2 Å². The van der Waals surface area contributed by atoms with E-state index in [2.05, 4.69) is 6.08 Å². The van der Waals surface area contributed by atoms with Crippen LogP contribution in [0.4, 0.5) is 4.79 Å². The smallest absolute Gasteiger partial charge is 0.414 e. The highest BCUT2D eigenvalue weighted by Crippen LogP contribution is 2.35. The van der Waals surface area contributed by atoms with Gasteiger partial charge < -0.3 is 18.9 Å². The van der Waals surface area contributed by atoms with Crippen molar-refractivity contribution in [2.24, 2.45) is 0 Å². The molecule has 4 rings (SSSR count). The molecule has 0 aromatic heterocycles. The number of hydrogen-bond donors (Lipinski definition) is 0. The Kier molecular flexibility index (Phi) is 3.57. The fourth-order valence-corrected chi connectivity index (χ4v) is 2.81. The highest BCUT2D eigenvalue weighted by atomic mass is 16.7. The van der Waals surface area contributed by atoms with Gasteiger partial charge in [-0.25, -0.2) is 4.79 Å². The first-order chi connectivity index (χ1) is 11.3. The topological polar surface area (TPSA) is 57.2 Å². The van der Waals surface area contributed by atoms with E-state index in [0.29, 0.717) is 30.4 Å². The molecular formula is C17H17NO5. The maximum Gasteiger partial charge on any atom is 0.414 e. The van der Waals surface area contributed by atoms with Gasteiger partial charge in [0, 0.05) is 11.8 Å². The van der Waals surface area contributed by atoms with Gasteiger partial charge in [0.15, 0.2) is 17.6 Å². The van der Waals surface area contributed by atoms with Crippen LogP contribution >= 0.6 is 0 Å². The fraction of sp³-hybridized carbons (Fsp3) is 0.353. The largest absolute Gasteiger partial charge is 0.490 e. The van der Waals surface area contributed by atoms with Crippen molar-refractivity contribution in [1.82, 2.24) is 4.90 Å². The predicted molar refractivity (Wildman–Crippen MR) is 81.5 cm³/mol. The number of amides is 1. The minimum atomic E-state index is -0.300.